The number of carbonyl (C=O) groups excluding carboxylic acids is 2. The molecule has 0 unspecified atom stereocenters. The second-order valence-corrected chi connectivity index (χ2v) is 6.81. The molecule has 29 heavy (non-hydrogen) atoms. The van der Waals surface area contributed by atoms with Crippen LogP contribution in [0.3, 0.4) is 0 Å². The molecule has 1 aliphatic heterocycles. The lowest BCUT2D eigenvalue weighted by Gasteiger charge is -2.30. The van der Waals surface area contributed by atoms with Crippen molar-refractivity contribution in [2.45, 2.75) is 32.2 Å². The lowest BCUT2D eigenvalue weighted by molar-refractivity contribution is -0.155. The van der Waals surface area contributed by atoms with Gasteiger partial charge in [0.2, 0.25) is 0 Å². The molecule has 1 amide bonds. The number of nitrogens with zero attached hydrogens (tertiary/aromatic N) is 1. The van der Waals surface area contributed by atoms with Crippen LogP contribution in [0.1, 0.15) is 29.2 Å². The average molecular weight is 403 g/mol. The number of hydrogen-bond donors (Lipinski definition) is 0. The van der Waals surface area contributed by atoms with Crippen LogP contribution >= 0.6 is 0 Å². The minimum Gasteiger partial charge on any atom is -0.449 e. The minimum absolute atomic E-state index is 0.211. The standard InChI is InChI=1S/C22H20F3NO3/c1-15(21(28)26-12-11-17-6-2-3-7-18(17)14-26)29-20(27)10-9-16-5-4-8-19(13-16)22(23,24)25/h2-10,13,15H,11-12,14H2,1H3/b10-9+/t15-/m0/s1. The minimum atomic E-state index is -4.46. The Labute approximate surface area is 166 Å². The average Bonchev–Trinajstić information content (AvgIpc) is 2.71. The van der Waals surface area contributed by atoms with E-state index >= 15 is 0 Å². The quantitative estimate of drug-likeness (QED) is 0.567. The summed E-state index contributed by atoms with van der Waals surface area (Å²) in [5.74, 6) is -1.10. The summed E-state index contributed by atoms with van der Waals surface area (Å²) in [5, 5.41) is 0. The Morgan fingerprint density at radius 1 is 1.10 bits per heavy atom. The number of alkyl halides is 3. The number of amides is 1. The number of rotatable bonds is 4. The van der Waals surface area contributed by atoms with Gasteiger partial charge in [-0.3, -0.25) is 4.79 Å². The molecular formula is C22H20F3NO3. The molecule has 0 radical (unpaired) electrons. The Balaban J connectivity index is 1.58. The summed E-state index contributed by atoms with van der Waals surface area (Å²) in [5.41, 5.74) is 1.67. The number of hydrogen-bond acceptors (Lipinski definition) is 3. The van der Waals surface area contributed by atoms with E-state index in [-0.39, 0.29) is 11.5 Å². The first-order valence-corrected chi connectivity index (χ1v) is 9.15. The maximum atomic E-state index is 12.7. The first-order chi connectivity index (χ1) is 13.7. The number of ether oxygens (including phenoxy) is 1. The van der Waals surface area contributed by atoms with E-state index in [4.69, 9.17) is 4.74 Å². The third kappa shape index (κ3) is 5.25. The van der Waals surface area contributed by atoms with E-state index in [2.05, 4.69) is 0 Å². The van der Waals surface area contributed by atoms with Crippen LogP contribution in [0.4, 0.5) is 13.2 Å². The molecule has 0 aliphatic carbocycles. The van der Waals surface area contributed by atoms with Gasteiger partial charge in [-0.1, -0.05) is 36.4 Å². The van der Waals surface area contributed by atoms with E-state index in [9.17, 15) is 22.8 Å². The highest BCUT2D eigenvalue weighted by Crippen LogP contribution is 2.29. The van der Waals surface area contributed by atoms with Crippen LogP contribution < -0.4 is 0 Å². The van der Waals surface area contributed by atoms with Gasteiger partial charge < -0.3 is 9.64 Å². The molecule has 0 saturated heterocycles. The smallest absolute Gasteiger partial charge is 0.416 e. The predicted molar refractivity (Wildman–Crippen MR) is 102 cm³/mol. The van der Waals surface area contributed by atoms with Crippen LogP contribution in [0, 0.1) is 0 Å². The van der Waals surface area contributed by atoms with Gasteiger partial charge in [0.05, 0.1) is 5.56 Å². The topological polar surface area (TPSA) is 46.6 Å². The summed E-state index contributed by atoms with van der Waals surface area (Å²) >= 11 is 0. The van der Waals surface area contributed by atoms with Crippen LogP contribution in [0.25, 0.3) is 6.08 Å². The number of fused-ring (bicyclic) bond motifs is 1. The monoisotopic (exact) mass is 403 g/mol. The molecule has 1 aliphatic rings. The van der Waals surface area contributed by atoms with Gasteiger partial charge in [0.1, 0.15) is 0 Å². The van der Waals surface area contributed by atoms with Gasteiger partial charge >= 0.3 is 12.1 Å². The molecule has 0 spiro atoms. The highest BCUT2D eigenvalue weighted by Gasteiger charge is 2.30. The summed E-state index contributed by atoms with van der Waals surface area (Å²) in [6.45, 7) is 2.48. The van der Waals surface area contributed by atoms with E-state index in [0.717, 1.165) is 30.2 Å². The molecule has 2 aromatic rings. The van der Waals surface area contributed by atoms with Crippen molar-refractivity contribution in [1.29, 1.82) is 0 Å². The summed E-state index contributed by atoms with van der Waals surface area (Å²) in [6.07, 6.45) is -2.47. The van der Waals surface area contributed by atoms with Crippen molar-refractivity contribution in [2.75, 3.05) is 6.54 Å². The van der Waals surface area contributed by atoms with E-state index in [1.807, 2.05) is 24.3 Å². The second-order valence-electron chi connectivity index (χ2n) is 6.81. The molecule has 0 aromatic heterocycles. The number of benzene rings is 2. The SMILES string of the molecule is C[C@H](OC(=O)/C=C/c1cccc(C(F)(F)F)c1)C(=O)N1CCc2ccccc2C1. The van der Waals surface area contributed by atoms with E-state index < -0.39 is 23.8 Å². The van der Waals surface area contributed by atoms with Crippen molar-refractivity contribution in [3.63, 3.8) is 0 Å². The highest BCUT2D eigenvalue weighted by molar-refractivity contribution is 5.90. The van der Waals surface area contributed by atoms with Crippen LogP contribution in [-0.2, 0) is 33.5 Å². The first kappa shape index (κ1) is 20.6. The van der Waals surface area contributed by atoms with E-state index in [1.54, 1.807) is 4.90 Å². The molecule has 3 rings (SSSR count). The van der Waals surface area contributed by atoms with Crippen LogP contribution in [-0.4, -0.2) is 29.4 Å². The van der Waals surface area contributed by atoms with Crippen molar-refractivity contribution in [2.24, 2.45) is 0 Å². The lowest BCUT2D eigenvalue weighted by atomic mass is 9.99. The van der Waals surface area contributed by atoms with Gasteiger partial charge in [0.25, 0.3) is 5.91 Å². The van der Waals surface area contributed by atoms with Crippen LogP contribution in [0.15, 0.2) is 54.6 Å². The zero-order valence-electron chi connectivity index (χ0n) is 15.8. The molecule has 152 valence electrons. The summed E-state index contributed by atoms with van der Waals surface area (Å²) < 4.78 is 43.4. The second kappa shape index (κ2) is 8.51. The fraction of sp³-hybridized carbons (Fsp3) is 0.273. The fourth-order valence-corrected chi connectivity index (χ4v) is 3.19. The van der Waals surface area contributed by atoms with Crippen LogP contribution in [0.5, 0.6) is 0 Å². The lowest BCUT2D eigenvalue weighted by Crippen LogP contribution is -2.42. The van der Waals surface area contributed by atoms with Crippen LogP contribution in [0.2, 0.25) is 0 Å². The molecule has 4 nitrogen and oxygen atoms in total. The molecule has 0 saturated carbocycles. The fourth-order valence-electron chi connectivity index (χ4n) is 3.19. The maximum absolute atomic E-state index is 12.7. The third-order valence-corrected chi connectivity index (χ3v) is 4.71. The largest absolute Gasteiger partial charge is 0.449 e. The molecule has 0 fully saturated rings. The maximum Gasteiger partial charge on any atom is 0.416 e. The van der Waals surface area contributed by atoms with Crippen molar-refractivity contribution in [1.82, 2.24) is 4.90 Å². The summed E-state index contributed by atoms with van der Waals surface area (Å²) in [7, 11) is 0. The number of esters is 1. The third-order valence-electron chi connectivity index (χ3n) is 4.71. The van der Waals surface area contributed by atoms with Gasteiger partial charge in [0.15, 0.2) is 6.10 Å². The number of carbonyl (C=O) groups is 2. The van der Waals surface area contributed by atoms with Gasteiger partial charge in [0, 0.05) is 19.2 Å². The Bertz CT molecular complexity index is 937. The van der Waals surface area contributed by atoms with Crippen molar-refractivity contribution in [3.8, 4) is 0 Å². The Hall–Kier alpha value is -3.09. The van der Waals surface area contributed by atoms with Gasteiger partial charge in [-0.2, -0.15) is 13.2 Å². The molecule has 1 heterocycles. The Morgan fingerprint density at radius 2 is 1.83 bits per heavy atom. The molecule has 7 heteroatoms. The zero-order valence-corrected chi connectivity index (χ0v) is 15.8. The van der Waals surface area contributed by atoms with Gasteiger partial charge in [-0.05, 0) is 48.2 Å². The molecular weight excluding hydrogens is 383 g/mol. The van der Waals surface area contributed by atoms with Crippen molar-refractivity contribution in [3.05, 3.63) is 76.9 Å². The molecule has 2 aromatic carbocycles. The van der Waals surface area contributed by atoms with Gasteiger partial charge in [-0.25, -0.2) is 4.79 Å². The summed E-state index contributed by atoms with van der Waals surface area (Å²) in [6, 6.07) is 12.4. The molecule has 0 bridgehead atoms. The summed E-state index contributed by atoms with van der Waals surface area (Å²) in [4.78, 5) is 26.2. The first-order valence-electron chi connectivity index (χ1n) is 9.15. The predicted octanol–water partition coefficient (Wildman–Crippen LogP) is 4.24. The normalized spacial score (nSPS) is 15.1. The van der Waals surface area contributed by atoms with E-state index in [1.165, 1.54) is 30.7 Å². The zero-order chi connectivity index (χ0) is 21.0. The highest BCUT2D eigenvalue weighted by atomic mass is 19.4. The number of halogens is 3. The molecule has 0 N–H and O–H groups in total. The molecule has 1 atom stereocenters. The Morgan fingerprint density at radius 3 is 2.55 bits per heavy atom. The van der Waals surface area contributed by atoms with E-state index in [0.29, 0.717) is 13.1 Å². The van der Waals surface area contributed by atoms with Gasteiger partial charge in [-0.15, -0.1) is 0 Å². The van der Waals surface area contributed by atoms with Crippen molar-refractivity contribution < 1.29 is 27.5 Å². The Kier molecular flexibility index (Phi) is 6.06. The van der Waals surface area contributed by atoms with Crippen molar-refractivity contribution >= 4 is 18.0 Å².